The maximum Gasteiger partial charge on any atom is 0.344 e. The summed E-state index contributed by atoms with van der Waals surface area (Å²) in [5, 5.41) is 11.6. The highest BCUT2D eigenvalue weighted by Gasteiger charge is 2.22. The quantitative estimate of drug-likeness (QED) is 0.693. The summed E-state index contributed by atoms with van der Waals surface area (Å²) in [6.07, 6.45) is 0. The molecule has 1 amide bonds. The van der Waals surface area contributed by atoms with E-state index in [0.717, 1.165) is 17.1 Å². The molecule has 1 saturated heterocycles. The third-order valence-corrected chi connectivity index (χ3v) is 6.89. The second-order valence-electron chi connectivity index (χ2n) is 5.77. The molecule has 0 saturated carbocycles. The Hall–Kier alpha value is -2.63. The second kappa shape index (κ2) is 10.1. The maximum atomic E-state index is 11.9. The van der Waals surface area contributed by atoms with Gasteiger partial charge in [0.25, 0.3) is 5.91 Å². The van der Waals surface area contributed by atoms with Crippen molar-refractivity contribution in [3.63, 3.8) is 0 Å². The summed E-state index contributed by atoms with van der Waals surface area (Å²) in [5.41, 5.74) is 1.77. The van der Waals surface area contributed by atoms with Gasteiger partial charge < -0.3 is 14.8 Å². The zero-order chi connectivity index (χ0) is 19.8. The number of thioether (sulfide) groups is 2. The van der Waals surface area contributed by atoms with Gasteiger partial charge in [0.05, 0.1) is 15.8 Å². The first-order valence-electron chi connectivity index (χ1n) is 8.57. The summed E-state index contributed by atoms with van der Waals surface area (Å²) in [4.78, 5) is 23.9. The molecule has 0 bridgehead atoms. The lowest BCUT2D eigenvalue weighted by Gasteiger charge is -2.14. The number of anilines is 1. The van der Waals surface area contributed by atoms with Crippen LogP contribution in [0.4, 0.5) is 5.69 Å². The van der Waals surface area contributed by atoms with Gasteiger partial charge in [-0.05, 0) is 18.2 Å². The first kappa shape index (κ1) is 20.1. The summed E-state index contributed by atoms with van der Waals surface area (Å²) in [7, 11) is 0. The molecule has 1 aliphatic heterocycles. The van der Waals surface area contributed by atoms with Crippen LogP contribution in [0.2, 0.25) is 0 Å². The summed E-state index contributed by atoms with van der Waals surface area (Å²) >= 11 is 3.71. The Morgan fingerprint density at radius 2 is 1.79 bits per heavy atom. The van der Waals surface area contributed by atoms with Crippen molar-refractivity contribution in [3.8, 4) is 11.8 Å². The number of carbonyl (C=O) groups is 2. The molecule has 2 aromatic carbocycles. The zero-order valence-electron chi connectivity index (χ0n) is 14.9. The van der Waals surface area contributed by atoms with E-state index in [1.165, 1.54) is 0 Å². The Bertz CT molecular complexity index is 892. The highest BCUT2D eigenvalue weighted by Crippen LogP contribution is 2.48. The van der Waals surface area contributed by atoms with Crippen LogP contribution < -0.4 is 10.1 Å². The van der Waals surface area contributed by atoms with Crippen molar-refractivity contribution in [2.45, 2.75) is 4.58 Å². The van der Waals surface area contributed by atoms with Crippen LogP contribution in [-0.2, 0) is 14.3 Å². The average Bonchev–Trinajstić information content (AvgIpc) is 3.26. The largest absolute Gasteiger partial charge is 0.482 e. The number of para-hydroxylation sites is 2. The first-order valence-corrected chi connectivity index (χ1v) is 10.7. The van der Waals surface area contributed by atoms with Crippen molar-refractivity contribution in [1.29, 1.82) is 5.26 Å². The SMILES string of the molecule is N#Cc1ccccc1NC(=O)COC(=O)COc1ccccc1C1SCCS1. The van der Waals surface area contributed by atoms with E-state index in [0.29, 0.717) is 21.6 Å². The van der Waals surface area contributed by atoms with Gasteiger partial charge in [-0.2, -0.15) is 5.26 Å². The average molecular weight is 415 g/mol. The molecule has 28 heavy (non-hydrogen) atoms. The molecule has 1 heterocycles. The molecule has 144 valence electrons. The van der Waals surface area contributed by atoms with Gasteiger partial charge in [0.1, 0.15) is 11.8 Å². The molecule has 2 aromatic rings. The molecule has 1 fully saturated rings. The minimum absolute atomic E-state index is 0.277. The topological polar surface area (TPSA) is 88.4 Å². The van der Waals surface area contributed by atoms with Gasteiger partial charge >= 0.3 is 5.97 Å². The fourth-order valence-electron chi connectivity index (χ4n) is 2.54. The molecular formula is C20H18N2O4S2. The molecule has 0 radical (unpaired) electrons. The summed E-state index contributed by atoms with van der Waals surface area (Å²) < 4.78 is 10.9. The third-order valence-electron chi connectivity index (χ3n) is 3.83. The van der Waals surface area contributed by atoms with Crippen LogP contribution in [0.3, 0.4) is 0 Å². The second-order valence-corrected chi connectivity index (χ2v) is 8.49. The third kappa shape index (κ3) is 5.44. The number of benzene rings is 2. The Kier molecular flexibility index (Phi) is 7.23. The number of nitriles is 1. The number of esters is 1. The van der Waals surface area contributed by atoms with E-state index in [4.69, 9.17) is 14.7 Å². The molecule has 0 aromatic heterocycles. The van der Waals surface area contributed by atoms with Gasteiger partial charge in [-0.1, -0.05) is 30.3 Å². The number of carbonyl (C=O) groups excluding carboxylic acids is 2. The predicted molar refractivity (Wildman–Crippen MR) is 110 cm³/mol. The summed E-state index contributed by atoms with van der Waals surface area (Å²) in [6, 6.07) is 16.2. The molecule has 0 aliphatic carbocycles. The molecule has 1 N–H and O–H groups in total. The fraction of sp³-hybridized carbons (Fsp3) is 0.250. The van der Waals surface area contributed by atoms with E-state index in [1.54, 1.807) is 24.3 Å². The van der Waals surface area contributed by atoms with Gasteiger partial charge in [-0.3, -0.25) is 4.79 Å². The molecule has 0 unspecified atom stereocenters. The van der Waals surface area contributed by atoms with Crippen molar-refractivity contribution in [2.24, 2.45) is 0 Å². The van der Waals surface area contributed by atoms with Crippen LogP contribution >= 0.6 is 23.5 Å². The number of ether oxygens (including phenoxy) is 2. The number of rotatable bonds is 7. The van der Waals surface area contributed by atoms with Crippen molar-refractivity contribution in [2.75, 3.05) is 30.0 Å². The minimum Gasteiger partial charge on any atom is -0.482 e. The number of nitrogens with one attached hydrogen (secondary N) is 1. The normalized spacial score (nSPS) is 13.5. The highest BCUT2D eigenvalue weighted by atomic mass is 32.2. The van der Waals surface area contributed by atoms with Crippen LogP contribution in [0.15, 0.2) is 48.5 Å². The Morgan fingerprint density at radius 1 is 1.07 bits per heavy atom. The van der Waals surface area contributed by atoms with Crippen molar-refractivity contribution >= 4 is 41.1 Å². The van der Waals surface area contributed by atoms with Gasteiger partial charge in [-0.15, -0.1) is 23.5 Å². The summed E-state index contributed by atoms with van der Waals surface area (Å²) in [6.45, 7) is -0.723. The van der Waals surface area contributed by atoms with Gasteiger partial charge in [-0.25, -0.2) is 4.79 Å². The Labute approximate surface area is 171 Å². The zero-order valence-corrected chi connectivity index (χ0v) is 16.6. The van der Waals surface area contributed by atoms with Crippen LogP contribution in [0, 0.1) is 11.3 Å². The fourth-order valence-corrected chi connectivity index (χ4v) is 5.45. The lowest BCUT2D eigenvalue weighted by Crippen LogP contribution is -2.24. The van der Waals surface area contributed by atoms with Crippen LogP contribution in [0.25, 0.3) is 0 Å². The van der Waals surface area contributed by atoms with E-state index < -0.39 is 18.5 Å². The maximum absolute atomic E-state index is 11.9. The van der Waals surface area contributed by atoms with Crippen LogP contribution in [-0.4, -0.2) is 36.6 Å². The van der Waals surface area contributed by atoms with E-state index in [2.05, 4.69) is 5.32 Å². The van der Waals surface area contributed by atoms with Gasteiger partial charge in [0.15, 0.2) is 13.2 Å². The lowest BCUT2D eigenvalue weighted by molar-refractivity contribution is -0.149. The monoisotopic (exact) mass is 414 g/mol. The molecule has 8 heteroatoms. The van der Waals surface area contributed by atoms with Gasteiger partial charge in [0.2, 0.25) is 0 Å². The Morgan fingerprint density at radius 3 is 2.57 bits per heavy atom. The standard InChI is InChI=1S/C20H18N2O4S2/c21-11-14-5-1-3-7-16(14)22-18(23)12-26-19(24)13-25-17-8-4-2-6-15(17)20-27-9-10-28-20/h1-8,20H,9-10,12-13H2,(H,22,23). The van der Waals surface area contributed by atoms with E-state index >= 15 is 0 Å². The lowest BCUT2D eigenvalue weighted by atomic mass is 10.2. The highest BCUT2D eigenvalue weighted by molar-refractivity contribution is 8.19. The molecule has 1 aliphatic rings. The number of nitrogens with zero attached hydrogens (tertiary/aromatic N) is 1. The van der Waals surface area contributed by atoms with Gasteiger partial charge in [0, 0.05) is 17.1 Å². The number of hydrogen-bond acceptors (Lipinski definition) is 7. The number of amides is 1. The predicted octanol–water partition coefficient (Wildman–Crippen LogP) is 3.60. The van der Waals surface area contributed by atoms with Crippen LogP contribution in [0.1, 0.15) is 15.7 Å². The molecule has 6 nitrogen and oxygen atoms in total. The van der Waals surface area contributed by atoms with E-state index in [9.17, 15) is 9.59 Å². The van der Waals surface area contributed by atoms with E-state index in [-0.39, 0.29) is 6.61 Å². The van der Waals surface area contributed by atoms with Crippen molar-refractivity contribution in [1.82, 2.24) is 0 Å². The number of hydrogen-bond donors (Lipinski definition) is 1. The molecule has 3 rings (SSSR count). The minimum atomic E-state index is -0.634. The molecular weight excluding hydrogens is 396 g/mol. The van der Waals surface area contributed by atoms with Crippen molar-refractivity contribution < 1.29 is 19.1 Å². The smallest absolute Gasteiger partial charge is 0.344 e. The van der Waals surface area contributed by atoms with E-state index in [1.807, 2.05) is 53.9 Å². The molecule has 0 spiro atoms. The summed E-state index contributed by atoms with van der Waals surface area (Å²) in [5.74, 6) is 1.69. The first-order chi connectivity index (χ1) is 13.7. The molecule has 0 atom stereocenters. The Balaban J connectivity index is 1.47. The van der Waals surface area contributed by atoms with Crippen molar-refractivity contribution in [3.05, 3.63) is 59.7 Å². The van der Waals surface area contributed by atoms with Crippen LogP contribution in [0.5, 0.6) is 5.75 Å².